The summed E-state index contributed by atoms with van der Waals surface area (Å²) in [5.41, 5.74) is 3.88. The van der Waals surface area contributed by atoms with Crippen molar-refractivity contribution in [3.05, 3.63) is 47.6 Å². The van der Waals surface area contributed by atoms with Crippen LogP contribution in [0.5, 0.6) is 0 Å². The van der Waals surface area contributed by atoms with Crippen LogP contribution in [-0.2, 0) is 14.3 Å². The number of esters is 1. The van der Waals surface area contributed by atoms with Crippen LogP contribution in [0.4, 0.5) is 0 Å². The minimum absolute atomic E-state index is 0.201. The summed E-state index contributed by atoms with van der Waals surface area (Å²) in [5.74, 6) is 0.723. The molecule has 0 aromatic carbocycles. The summed E-state index contributed by atoms with van der Waals surface area (Å²) in [5, 5.41) is 8.54. The average molecular weight is 389 g/mol. The fourth-order valence-electron chi connectivity index (χ4n) is 3.29. The minimum Gasteiger partial charge on any atom is -0.481 e. The van der Waals surface area contributed by atoms with Gasteiger partial charge in [0.25, 0.3) is 0 Å². The van der Waals surface area contributed by atoms with Crippen molar-refractivity contribution < 1.29 is 19.4 Å². The van der Waals surface area contributed by atoms with Gasteiger partial charge in [-0.15, -0.1) is 0 Å². The lowest BCUT2D eigenvalue weighted by atomic mass is 9.86. The fourth-order valence-corrected chi connectivity index (χ4v) is 3.29. The highest BCUT2D eigenvalue weighted by Crippen LogP contribution is 2.28. The summed E-state index contributed by atoms with van der Waals surface area (Å²) >= 11 is 0. The molecule has 2 aliphatic rings. The third-order valence-electron chi connectivity index (χ3n) is 5.28. The SMILES string of the molecule is C=C(C)C1CC=C(COC(C)=O)CC1.CC(C)C1=CCC(CCC(=O)O)C=C1. The van der Waals surface area contributed by atoms with E-state index in [1.165, 1.54) is 23.6 Å². The highest BCUT2D eigenvalue weighted by atomic mass is 16.5. The van der Waals surface area contributed by atoms with Crippen molar-refractivity contribution in [3.63, 3.8) is 0 Å². The van der Waals surface area contributed by atoms with E-state index < -0.39 is 5.97 Å². The Labute approximate surface area is 170 Å². The van der Waals surface area contributed by atoms with Crippen LogP contribution in [0.3, 0.4) is 0 Å². The molecule has 2 atom stereocenters. The van der Waals surface area contributed by atoms with E-state index in [-0.39, 0.29) is 12.4 Å². The molecular weight excluding hydrogens is 352 g/mol. The second kappa shape index (κ2) is 12.4. The minimum atomic E-state index is -0.697. The summed E-state index contributed by atoms with van der Waals surface area (Å²) < 4.78 is 4.95. The summed E-state index contributed by atoms with van der Waals surface area (Å²) in [6, 6.07) is 0. The molecule has 1 N–H and O–H groups in total. The van der Waals surface area contributed by atoms with Gasteiger partial charge in [-0.25, -0.2) is 0 Å². The van der Waals surface area contributed by atoms with Crippen LogP contribution in [-0.4, -0.2) is 23.7 Å². The van der Waals surface area contributed by atoms with Crippen molar-refractivity contribution in [1.29, 1.82) is 0 Å². The van der Waals surface area contributed by atoms with Gasteiger partial charge in [-0.3, -0.25) is 9.59 Å². The lowest BCUT2D eigenvalue weighted by Gasteiger charge is -2.21. The zero-order valence-corrected chi connectivity index (χ0v) is 17.9. The predicted molar refractivity (Wildman–Crippen MR) is 114 cm³/mol. The molecule has 0 amide bonds. The standard InChI is InChI=1S/2C12H18O2/c1-9(2)12-6-4-11(5-7-12)8-14-10(3)13;1-9(2)11-6-3-10(4-7-11)5-8-12(13)14/h4,12H,1,5-8H2,2-3H3;3,6-7,9-10H,4-5,8H2,1-2H3,(H,13,14). The van der Waals surface area contributed by atoms with Crippen molar-refractivity contribution in [2.45, 2.75) is 66.2 Å². The van der Waals surface area contributed by atoms with Gasteiger partial charge in [-0.2, -0.15) is 0 Å². The van der Waals surface area contributed by atoms with Crippen molar-refractivity contribution >= 4 is 11.9 Å². The molecular formula is C24H36O4. The van der Waals surface area contributed by atoms with E-state index in [4.69, 9.17) is 9.84 Å². The molecule has 2 aliphatic carbocycles. The molecule has 0 heterocycles. The molecule has 4 nitrogen and oxygen atoms in total. The number of allylic oxidation sites excluding steroid dienone is 6. The van der Waals surface area contributed by atoms with Gasteiger partial charge in [0.1, 0.15) is 6.61 Å². The Kier molecular flexibility index (Phi) is 10.6. The molecule has 0 saturated carbocycles. The fraction of sp³-hybridized carbons (Fsp3) is 0.583. The number of carbonyl (C=O) groups excluding carboxylic acids is 1. The maximum absolute atomic E-state index is 10.6. The van der Waals surface area contributed by atoms with Gasteiger partial charge in [0.15, 0.2) is 0 Å². The van der Waals surface area contributed by atoms with E-state index in [1.54, 1.807) is 0 Å². The van der Waals surface area contributed by atoms with E-state index in [9.17, 15) is 9.59 Å². The van der Waals surface area contributed by atoms with Gasteiger partial charge < -0.3 is 9.84 Å². The molecule has 0 aromatic heterocycles. The van der Waals surface area contributed by atoms with Crippen LogP contribution in [0.2, 0.25) is 0 Å². The average Bonchev–Trinajstić information content (AvgIpc) is 2.65. The molecule has 4 heteroatoms. The smallest absolute Gasteiger partial charge is 0.303 e. The largest absolute Gasteiger partial charge is 0.481 e. The van der Waals surface area contributed by atoms with Gasteiger partial charge in [0.2, 0.25) is 0 Å². The summed E-state index contributed by atoms with van der Waals surface area (Å²) in [4.78, 5) is 21.0. The highest BCUT2D eigenvalue weighted by Gasteiger charge is 2.15. The summed E-state index contributed by atoms with van der Waals surface area (Å²) in [6.45, 7) is 12.3. The Morgan fingerprint density at radius 2 is 1.96 bits per heavy atom. The van der Waals surface area contributed by atoms with Crippen LogP contribution in [0.25, 0.3) is 0 Å². The van der Waals surface area contributed by atoms with E-state index >= 15 is 0 Å². The zero-order valence-electron chi connectivity index (χ0n) is 17.9. The van der Waals surface area contributed by atoms with Crippen LogP contribution >= 0.6 is 0 Å². The summed E-state index contributed by atoms with van der Waals surface area (Å²) in [7, 11) is 0. The maximum Gasteiger partial charge on any atom is 0.303 e. The van der Waals surface area contributed by atoms with Gasteiger partial charge in [-0.05, 0) is 67.9 Å². The second-order valence-corrected chi connectivity index (χ2v) is 8.11. The molecule has 0 spiro atoms. The van der Waals surface area contributed by atoms with E-state index in [0.29, 0.717) is 24.4 Å². The predicted octanol–water partition coefficient (Wildman–Crippen LogP) is 5.86. The number of carboxylic acid groups (broad SMARTS) is 1. The van der Waals surface area contributed by atoms with Crippen LogP contribution < -0.4 is 0 Å². The van der Waals surface area contributed by atoms with Crippen molar-refractivity contribution in [1.82, 2.24) is 0 Å². The zero-order chi connectivity index (χ0) is 21.1. The molecule has 2 rings (SSSR count). The quantitative estimate of drug-likeness (QED) is 0.438. The number of ether oxygens (including phenoxy) is 1. The molecule has 0 bridgehead atoms. The number of carboxylic acids is 1. The number of rotatable bonds is 7. The third kappa shape index (κ3) is 9.72. The lowest BCUT2D eigenvalue weighted by molar-refractivity contribution is -0.140. The van der Waals surface area contributed by atoms with Gasteiger partial charge in [0, 0.05) is 13.3 Å². The first-order chi connectivity index (χ1) is 13.2. The molecule has 28 heavy (non-hydrogen) atoms. The first-order valence-corrected chi connectivity index (χ1v) is 10.3. The Hall–Kier alpha value is -2.10. The molecule has 0 fully saturated rings. The Balaban J connectivity index is 0.000000280. The maximum atomic E-state index is 10.6. The lowest BCUT2D eigenvalue weighted by Crippen LogP contribution is -2.11. The van der Waals surface area contributed by atoms with E-state index in [2.05, 4.69) is 51.7 Å². The Morgan fingerprint density at radius 1 is 1.25 bits per heavy atom. The number of hydrogen-bond donors (Lipinski definition) is 1. The number of aliphatic carboxylic acids is 1. The molecule has 0 aliphatic heterocycles. The van der Waals surface area contributed by atoms with Crippen molar-refractivity contribution in [2.75, 3.05) is 6.61 Å². The van der Waals surface area contributed by atoms with Crippen molar-refractivity contribution in [2.24, 2.45) is 17.8 Å². The first kappa shape index (κ1) is 23.9. The monoisotopic (exact) mass is 388 g/mol. The molecule has 0 aromatic rings. The number of hydrogen-bond acceptors (Lipinski definition) is 3. The first-order valence-electron chi connectivity index (χ1n) is 10.3. The molecule has 0 saturated heterocycles. The van der Waals surface area contributed by atoms with Gasteiger partial charge >= 0.3 is 11.9 Å². The van der Waals surface area contributed by atoms with Crippen LogP contribution in [0.1, 0.15) is 66.2 Å². The van der Waals surface area contributed by atoms with Gasteiger partial charge in [-0.1, -0.05) is 50.3 Å². The van der Waals surface area contributed by atoms with Crippen LogP contribution in [0, 0.1) is 17.8 Å². The number of carbonyl (C=O) groups is 2. The Bertz CT molecular complexity index is 637. The van der Waals surface area contributed by atoms with E-state index in [1.807, 2.05) is 0 Å². The highest BCUT2D eigenvalue weighted by molar-refractivity contribution is 5.66. The van der Waals surface area contributed by atoms with Gasteiger partial charge in [0.05, 0.1) is 0 Å². The molecule has 2 unspecified atom stereocenters. The summed E-state index contributed by atoms with van der Waals surface area (Å²) in [6.07, 6.45) is 14.0. The molecule has 0 radical (unpaired) electrons. The normalized spacial score (nSPS) is 21.2. The van der Waals surface area contributed by atoms with Crippen molar-refractivity contribution in [3.8, 4) is 0 Å². The van der Waals surface area contributed by atoms with E-state index in [0.717, 1.165) is 32.1 Å². The third-order valence-corrected chi connectivity index (χ3v) is 5.28. The molecule has 156 valence electrons. The van der Waals surface area contributed by atoms with Crippen LogP contribution in [0.15, 0.2) is 47.6 Å². The Morgan fingerprint density at radius 3 is 2.39 bits per heavy atom. The second-order valence-electron chi connectivity index (χ2n) is 8.11. The topological polar surface area (TPSA) is 63.6 Å².